The highest BCUT2D eigenvalue weighted by Gasteiger charge is 2.17. The summed E-state index contributed by atoms with van der Waals surface area (Å²) in [7, 11) is 1.60. The van der Waals surface area contributed by atoms with Gasteiger partial charge in [-0.3, -0.25) is 0 Å². The Balaban J connectivity index is 1.94. The fourth-order valence-corrected chi connectivity index (χ4v) is 2.99. The summed E-state index contributed by atoms with van der Waals surface area (Å²) in [6, 6.07) is 1.92. The van der Waals surface area contributed by atoms with Crippen LogP contribution >= 0.6 is 11.9 Å². The highest BCUT2D eigenvalue weighted by molar-refractivity contribution is 7.99. The van der Waals surface area contributed by atoms with Gasteiger partial charge in [0.2, 0.25) is 5.88 Å². The second-order valence-corrected chi connectivity index (χ2v) is 6.21. The van der Waals surface area contributed by atoms with Gasteiger partial charge in [0.05, 0.1) is 31.6 Å². The van der Waals surface area contributed by atoms with Gasteiger partial charge in [0.25, 0.3) is 0 Å². The second-order valence-electron chi connectivity index (χ2n) is 5.59. The molecule has 0 aromatic carbocycles. The van der Waals surface area contributed by atoms with Crippen LogP contribution in [0, 0.1) is 18.8 Å². The predicted molar refractivity (Wildman–Crippen MR) is 104 cm³/mol. The summed E-state index contributed by atoms with van der Waals surface area (Å²) in [5.41, 5.74) is 3.28. The van der Waals surface area contributed by atoms with Gasteiger partial charge < -0.3 is 19.1 Å². The normalized spacial score (nSPS) is 13.7. The second kappa shape index (κ2) is 8.74. The molecule has 2 aromatic rings. The number of hydrogen-bond donors (Lipinski definition) is 1. The number of pyridine rings is 1. The lowest BCUT2D eigenvalue weighted by Crippen LogP contribution is -2.37. The van der Waals surface area contributed by atoms with E-state index in [-0.39, 0.29) is 0 Å². The molecule has 0 amide bonds. The Morgan fingerprint density at radius 1 is 1.23 bits per heavy atom. The summed E-state index contributed by atoms with van der Waals surface area (Å²) in [5, 5.41) is 0. The van der Waals surface area contributed by atoms with Crippen molar-refractivity contribution < 1.29 is 9.47 Å². The minimum atomic E-state index is 0.540. The van der Waals surface area contributed by atoms with E-state index in [1.807, 2.05) is 19.2 Å². The van der Waals surface area contributed by atoms with Crippen LogP contribution < -0.4 is 14.4 Å². The van der Waals surface area contributed by atoms with E-state index in [4.69, 9.17) is 9.47 Å². The molecule has 3 heterocycles. The quantitative estimate of drug-likeness (QED) is 0.647. The number of ether oxygens (including phenoxy) is 2. The summed E-state index contributed by atoms with van der Waals surface area (Å²) in [4.78, 5) is 15.2. The molecule has 1 saturated heterocycles. The van der Waals surface area contributed by atoms with E-state index in [0.717, 1.165) is 41.4 Å². The molecule has 7 nitrogen and oxygen atoms in total. The van der Waals surface area contributed by atoms with Crippen LogP contribution in [0.2, 0.25) is 0 Å². The number of hydrogen-bond acceptors (Lipinski definition) is 8. The average molecular weight is 371 g/mol. The molecule has 0 radical (unpaired) electrons. The Bertz CT molecular complexity index is 828. The van der Waals surface area contributed by atoms with Gasteiger partial charge in [0.15, 0.2) is 0 Å². The van der Waals surface area contributed by atoms with E-state index >= 15 is 0 Å². The topological polar surface area (TPSA) is 72.4 Å². The van der Waals surface area contributed by atoms with Crippen LogP contribution in [0.1, 0.15) is 16.8 Å². The van der Waals surface area contributed by atoms with E-state index in [1.165, 1.54) is 11.9 Å². The molecule has 1 N–H and O–H groups in total. The Labute approximate surface area is 157 Å². The molecule has 136 valence electrons. The Morgan fingerprint density at radius 2 is 2.04 bits per heavy atom. The van der Waals surface area contributed by atoms with E-state index in [0.29, 0.717) is 19.1 Å². The van der Waals surface area contributed by atoms with Crippen LogP contribution in [0.3, 0.4) is 0 Å². The third kappa shape index (κ3) is 4.18. The third-order valence-electron chi connectivity index (χ3n) is 3.92. The average Bonchev–Trinajstić information content (AvgIpc) is 2.68. The molecule has 0 saturated carbocycles. The van der Waals surface area contributed by atoms with Gasteiger partial charge in [-0.15, -0.1) is 0 Å². The molecule has 0 unspecified atom stereocenters. The number of aromatic nitrogens is 3. The molecule has 0 bridgehead atoms. The number of rotatable bonds is 4. The van der Waals surface area contributed by atoms with Crippen molar-refractivity contribution >= 4 is 23.5 Å². The van der Waals surface area contributed by atoms with Crippen molar-refractivity contribution in [1.29, 1.82) is 0 Å². The maximum Gasteiger partial charge on any atom is 0.238 e. The van der Waals surface area contributed by atoms with Crippen LogP contribution in [-0.4, -0.2) is 54.6 Å². The lowest BCUT2D eigenvalue weighted by atomic mass is 10.2. The molecule has 1 aliphatic heterocycles. The van der Waals surface area contributed by atoms with Crippen LogP contribution in [0.4, 0.5) is 11.5 Å². The zero-order valence-corrected chi connectivity index (χ0v) is 15.9. The van der Waals surface area contributed by atoms with E-state index < -0.39 is 0 Å². The lowest BCUT2D eigenvalue weighted by Gasteiger charge is -2.28. The number of aryl methyl sites for hydroxylation is 1. The summed E-state index contributed by atoms with van der Waals surface area (Å²) < 4.78 is 13.8. The zero-order valence-electron chi connectivity index (χ0n) is 15.1. The van der Waals surface area contributed by atoms with Crippen molar-refractivity contribution in [2.24, 2.45) is 0 Å². The summed E-state index contributed by atoms with van der Waals surface area (Å²) in [6.45, 7) is 4.95. The van der Waals surface area contributed by atoms with Crippen molar-refractivity contribution in [2.75, 3.05) is 49.3 Å². The third-order valence-corrected chi connectivity index (χ3v) is 4.34. The van der Waals surface area contributed by atoms with Crippen molar-refractivity contribution in [3.05, 3.63) is 35.4 Å². The van der Waals surface area contributed by atoms with Gasteiger partial charge in [-0.25, -0.2) is 15.0 Å². The fourth-order valence-electron chi connectivity index (χ4n) is 2.62. The van der Waals surface area contributed by atoms with Crippen molar-refractivity contribution in [2.45, 2.75) is 6.92 Å². The first-order valence-electron chi connectivity index (χ1n) is 8.22. The smallest absolute Gasteiger partial charge is 0.238 e. The molecular formula is C18H21N5O2S. The largest absolute Gasteiger partial charge is 0.480 e. The molecule has 1 fully saturated rings. The fraction of sp³-hybridized carbons (Fsp3) is 0.389. The Hall–Kier alpha value is -2.50. The van der Waals surface area contributed by atoms with E-state index in [1.54, 1.807) is 19.6 Å². The SMILES string of the molecule is COc1ncc(C#Cc2c(C)ncnc2N2CCOCC2)cc1NSC. The number of methoxy groups -OCH3 is 1. The molecule has 0 spiro atoms. The first-order chi connectivity index (χ1) is 12.7. The first kappa shape index (κ1) is 18.3. The molecular weight excluding hydrogens is 350 g/mol. The number of morpholine rings is 1. The Morgan fingerprint density at radius 3 is 2.77 bits per heavy atom. The summed E-state index contributed by atoms with van der Waals surface area (Å²) >= 11 is 1.47. The van der Waals surface area contributed by atoms with Gasteiger partial charge in [-0.2, -0.15) is 0 Å². The van der Waals surface area contributed by atoms with Gasteiger partial charge in [0.1, 0.15) is 17.8 Å². The molecule has 3 rings (SSSR count). The Kier molecular flexibility index (Phi) is 6.15. The van der Waals surface area contributed by atoms with Crippen molar-refractivity contribution in [3.63, 3.8) is 0 Å². The first-order valence-corrected chi connectivity index (χ1v) is 9.44. The number of nitrogens with zero attached hydrogens (tertiary/aromatic N) is 4. The van der Waals surface area contributed by atoms with Gasteiger partial charge in [0, 0.05) is 31.1 Å². The maximum atomic E-state index is 5.43. The molecule has 0 aliphatic carbocycles. The predicted octanol–water partition coefficient (Wildman–Crippen LogP) is 2.11. The molecule has 26 heavy (non-hydrogen) atoms. The van der Waals surface area contributed by atoms with Crippen LogP contribution in [-0.2, 0) is 4.74 Å². The van der Waals surface area contributed by atoms with E-state index in [2.05, 4.69) is 36.4 Å². The number of nitrogens with one attached hydrogen (secondary N) is 1. The van der Waals surface area contributed by atoms with Crippen molar-refractivity contribution in [3.8, 4) is 17.7 Å². The minimum Gasteiger partial charge on any atom is -0.480 e. The highest BCUT2D eigenvalue weighted by atomic mass is 32.2. The van der Waals surface area contributed by atoms with Gasteiger partial charge >= 0.3 is 0 Å². The van der Waals surface area contributed by atoms with Gasteiger partial charge in [-0.05, 0) is 13.0 Å². The standard InChI is InChI=1S/C18H21N5O2S/c1-13-15(17(21-12-20-13)23-6-8-25-9-7-23)5-4-14-10-16(22-26-3)18(24-2)19-11-14/h10-12,22H,6-9H2,1-3H3. The molecule has 2 aromatic heterocycles. The van der Waals surface area contributed by atoms with Crippen molar-refractivity contribution in [1.82, 2.24) is 15.0 Å². The molecule has 0 atom stereocenters. The van der Waals surface area contributed by atoms with Crippen LogP contribution in [0.5, 0.6) is 5.88 Å². The lowest BCUT2D eigenvalue weighted by molar-refractivity contribution is 0.122. The summed E-state index contributed by atoms with van der Waals surface area (Å²) in [5.74, 6) is 7.80. The molecule has 1 aliphatic rings. The summed E-state index contributed by atoms with van der Waals surface area (Å²) in [6.07, 6.45) is 5.22. The van der Waals surface area contributed by atoms with E-state index in [9.17, 15) is 0 Å². The highest BCUT2D eigenvalue weighted by Crippen LogP contribution is 2.24. The minimum absolute atomic E-state index is 0.540. The van der Waals surface area contributed by atoms with Gasteiger partial charge in [-0.1, -0.05) is 23.8 Å². The maximum absolute atomic E-state index is 5.43. The zero-order chi connectivity index (χ0) is 18.4. The molecule has 8 heteroatoms. The number of anilines is 2. The van der Waals surface area contributed by atoms with Crippen LogP contribution in [0.15, 0.2) is 18.6 Å². The van der Waals surface area contributed by atoms with Crippen LogP contribution in [0.25, 0.3) is 0 Å². The monoisotopic (exact) mass is 371 g/mol.